The Morgan fingerprint density at radius 1 is 1.89 bits per heavy atom. The number of likely N-dealkylation sites (N-methyl/N-ethyl adjacent to an activating group) is 1. The summed E-state index contributed by atoms with van der Waals surface area (Å²) in [6, 6.07) is 0. The van der Waals surface area contributed by atoms with Gasteiger partial charge in [0.1, 0.15) is 0 Å². The molecule has 5 heteroatoms. The Morgan fingerprint density at radius 3 is 2.78 bits per heavy atom. The van der Waals surface area contributed by atoms with E-state index in [0.29, 0.717) is 6.54 Å². The quantitative estimate of drug-likeness (QED) is 0.247. The Morgan fingerprint density at radius 2 is 2.44 bits per heavy atom. The van der Waals surface area contributed by atoms with Crippen molar-refractivity contribution in [3.05, 3.63) is 0 Å². The molecule has 0 rings (SSSR count). The first kappa shape index (κ1) is 12.1. The molecule has 0 aromatic rings. The topological polar surface area (TPSA) is 58.6 Å². The van der Waals surface area contributed by atoms with Crippen molar-refractivity contribution in [2.24, 2.45) is 0 Å². The fraction of sp³-hybridized carbons (Fsp3) is 0.750. The van der Waals surface area contributed by atoms with Gasteiger partial charge >= 0.3 is 35.5 Å². The third-order valence-electron chi connectivity index (χ3n) is 0.621. The van der Waals surface area contributed by atoms with E-state index in [0.717, 1.165) is 0 Å². The van der Waals surface area contributed by atoms with Crippen LogP contribution < -0.4 is 34.9 Å². The van der Waals surface area contributed by atoms with Gasteiger partial charge in [0, 0.05) is 0 Å². The maximum Gasteiger partial charge on any atom is 1.00 e. The molecule has 0 aliphatic carbocycles. The number of hydrogen-bond acceptors (Lipinski definition) is 4. The second-order valence-corrected chi connectivity index (χ2v) is 1.24. The normalized spacial score (nSPS) is 7.78. The Bertz CT molecular complexity index is 82.9. The SMILES string of the molecule is CCNCC(=O)OO.[H-].[Na+]. The number of hydrogen-bond donors (Lipinski definition) is 2. The Labute approximate surface area is 77.3 Å². The molecule has 0 saturated heterocycles. The van der Waals surface area contributed by atoms with E-state index in [1.54, 1.807) is 0 Å². The fourth-order valence-electron chi connectivity index (χ4n) is 0.259. The van der Waals surface area contributed by atoms with E-state index in [2.05, 4.69) is 10.2 Å². The molecule has 2 N–H and O–H groups in total. The van der Waals surface area contributed by atoms with Crippen LogP contribution in [-0.4, -0.2) is 24.3 Å². The van der Waals surface area contributed by atoms with Crippen molar-refractivity contribution >= 4 is 5.97 Å². The predicted molar refractivity (Wildman–Crippen MR) is 28.4 cm³/mol. The van der Waals surface area contributed by atoms with Crippen LogP contribution in [0.5, 0.6) is 0 Å². The molecule has 0 unspecified atom stereocenters. The summed E-state index contributed by atoms with van der Waals surface area (Å²) in [5.41, 5.74) is 0. The summed E-state index contributed by atoms with van der Waals surface area (Å²) in [5.74, 6) is -0.660. The van der Waals surface area contributed by atoms with Gasteiger partial charge in [0.2, 0.25) is 0 Å². The Hall–Kier alpha value is 0.390. The molecule has 0 aliphatic heterocycles. The van der Waals surface area contributed by atoms with Crippen molar-refractivity contribution in [1.82, 2.24) is 5.32 Å². The van der Waals surface area contributed by atoms with Crippen LogP contribution in [0.3, 0.4) is 0 Å². The molecule has 0 heterocycles. The molecule has 0 bridgehead atoms. The maximum absolute atomic E-state index is 10.0. The van der Waals surface area contributed by atoms with Gasteiger partial charge in [-0.05, 0) is 6.54 Å². The zero-order chi connectivity index (χ0) is 6.41. The first-order valence-corrected chi connectivity index (χ1v) is 2.36. The van der Waals surface area contributed by atoms with Crippen LogP contribution in [0.1, 0.15) is 8.35 Å². The minimum atomic E-state index is -0.660. The molecule has 0 atom stereocenters. The Kier molecular flexibility index (Phi) is 11.3. The summed E-state index contributed by atoms with van der Waals surface area (Å²) >= 11 is 0. The Balaban J connectivity index is -0.000000245. The van der Waals surface area contributed by atoms with Gasteiger partial charge in [-0.15, -0.1) is 0 Å². The third-order valence-corrected chi connectivity index (χ3v) is 0.621. The van der Waals surface area contributed by atoms with Gasteiger partial charge in [-0.3, -0.25) is 4.89 Å². The monoisotopic (exact) mass is 143 g/mol. The van der Waals surface area contributed by atoms with Crippen molar-refractivity contribution in [2.75, 3.05) is 13.1 Å². The summed E-state index contributed by atoms with van der Waals surface area (Å²) in [7, 11) is 0. The third kappa shape index (κ3) is 8.39. The number of nitrogens with one attached hydrogen (secondary N) is 1. The minimum absolute atomic E-state index is 0. The molecule has 0 aromatic carbocycles. The van der Waals surface area contributed by atoms with Gasteiger partial charge in [-0.25, -0.2) is 4.79 Å². The second kappa shape index (κ2) is 8.39. The average molecular weight is 143 g/mol. The van der Waals surface area contributed by atoms with Crippen LogP contribution in [0.15, 0.2) is 0 Å². The molecular formula is C4H10NNaO3. The first-order chi connectivity index (χ1) is 3.81. The zero-order valence-electron chi connectivity index (χ0n) is 6.68. The van der Waals surface area contributed by atoms with E-state index in [-0.39, 0.29) is 37.5 Å². The maximum atomic E-state index is 10.0. The zero-order valence-corrected chi connectivity index (χ0v) is 7.68. The minimum Gasteiger partial charge on any atom is -1.00 e. The van der Waals surface area contributed by atoms with E-state index in [4.69, 9.17) is 5.26 Å². The molecule has 4 nitrogen and oxygen atoms in total. The van der Waals surface area contributed by atoms with E-state index >= 15 is 0 Å². The van der Waals surface area contributed by atoms with Crippen molar-refractivity contribution in [3.63, 3.8) is 0 Å². The average Bonchev–Trinajstić information content (AvgIpc) is 1.83. The number of rotatable bonds is 3. The van der Waals surface area contributed by atoms with Gasteiger partial charge in [-0.1, -0.05) is 6.92 Å². The van der Waals surface area contributed by atoms with Crippen molar-refractivity contribution in [3.8, 4) is 0 Å². The van der Waals surface area contributed by atoms with Crippen LogP contribution in [0, 0.1) is 0 Å². The molecule has 50 valence electrons. The van der Waals surface area contributed by atoms with Crippen molar-refractivity contribution < 1.29 is 45.9 Å². The van der Waals surface area contributed by atoms with Crippen LogP contribution in [0.4, 0.5) is 0 Å². The van der Waals surface area contributed by atoms with Crippen molar-refractivity contribution in [2.45, 2.75) is 6.92 Å². The standard InChI is InChI=1S/C4H9NO3.Na.H/c1-2-5-3-4(6)8-7;;/h5,7H,2-3H2,1H3;;/q;+1;-1. The number of carbonyl (C=O) groups is 1. The smallest absolute Gasteiger partial charge is 1.00 e. The molecule has 9 heavy (non-hydrogen) atoms. The summed E-state index contributed by atoms with van der Waals surface area (Å²) < 4.78 is 0. The summed E-state index contributed by atoms with van der Waals surface area (Å²) in [5, 5.41) is 10.3. The molecule has 0 fully saturated rings. The van der Waals surface area contributed by atoms with E-state index in [1.807, 2.05) is 6.92 Å². The van der Waals surface area contributed by atoms with Gasteiger partial charge in [-0.2, -0.15) is 5.26 Å². The van der Waals surface area contributed by atoms with Crippen LogP contribution in [0.2, 0.25) is 0 Å². The predicted octanol–water partition coefficient (Wildman–Crippen LogP) is -3.27. The molecule has 0 spiro atoms. The second-order valence-electron chi connectivity index (χ2n) is 1.24. The fourth-order valence-corrected chi connectivity index (χ4v) is 0.259. The van der Waals surface area contributed by atoms with Crippen LogP contribution >= 0.6 is 0 Å². The van der Waals surface area contributed by atoms with Crippen molar-refractivity contribution in [1.29, 1.82) is 0 Å². The largest absolute Gasteiger partial charge is 1.00 e. The molecule has 0 saturated carbocycles. The van der Waals surface area contributed by atoms with Gasteiger partial charge < -0.3 is 6.74 Å². The van der Waals surface area contributed by atoms with Crippen LogP contribution in [-0.2, 0) is 9.68 Å². The molecule has 0 amide bonds. The van der Waals surface area contributed by atoms with Gasteiger partial charge in [0.25, 0.3) is 0 Å². The van der Waals surface area contributed by atoms with E-state index in [1.165, 1.54) is 0 Å². The van der Waals surface area contributed by atoms with Gasteiger partial charge in [0.15, 0.2) is 0 Å². The van der Waals surface area contributed by atoms with Gasteiger partial charge in [0.05, 0.1) is 6.54 Å². The molecule has 0 aromatic heterocycles. The van der Waals surface area contributed by atoms with E-state index < -0.39 is 5.97 Å². The number of carbonyl (C=O) groups excluding carboxylic acids is 1. The van der Waals surface area contributed by atoms with Crippen LogP contribution in [0.25, 0.3) is 0 Å². The summed E-state index contributed by atoms with van der Waals surface area (Å²) in [6.45, 7) is 2.60. The summed E-state index contributed by atoms with van der Waals surface area (Å²) in [4.78, 5) is 13.4. The molecule has 0 radical (unpaired) electrons. The first-order valence-electron chi connectivity index (χ1n) is 2.36. The molecule has 0 aliphatic rings. The van der Waals surface area contributed by atoms with E-state index in [9.17, 15) is 4.79 Å². The summed E-state index contributed by atoms with van der Waals surface area (Å²) in [6.07, 6.45) is 0. The molecular weight excluding hydrogens is 133 g/mol.